The zero-order valence-corrected chi connectivity index (χ0v) is 21.5. The maximum atomic E-state index is 13.5. The second-order valence-corrected chi connectivity index (χ2v) is 11.8. The lowest BCUT2D eigenvalue weighted by molar-refractivity contribution is 0.0760. The largest absolute Gasteiger partial charge is 0.337 e. The number of hydrogen-bond donors (Lipinski definition) is 0. The van der Waals surface area contributed by atoms with Crippen molar-refractivity contribution in [3.8, 4) is 0 Å². The molecular weight excluding hydrogens is 446 g/mol. The van der Waals surface area contributed by atoms with Gasteiger partial charge in [0.15, 0.2) is 0 Å². The van der Waals surface area contributed by atoms with Gasteiger partial charge in [0, 0.05) is 51.4 Å². The van der Waals surface area contributed by atoms with Gasteiger partial charge in [-0.05, 0) is 67.9 Å². The zero-order chi connectivity index (χ0) is 24.3. The van der Waals surface area contributed by atoms with E-state index in [1.165, 1.54) is 5.56 Å². The first-order valence-corrected chi connectivity index (χ1v) is 13.9. The van der Waals surface area contributed by atoms with E-state index in [1.807, 2.05) is 30.9 Å². The number of nitrogens with zero attached hydrogens (tertiary/aromatic N) is 3. The Kier molecular flexibility index (Phi) is 7.75. The summed E-state index contributed by atoms with van der Waals surface area (Å²) in [6.07, 6.45) is 2.66. The van der Waals surface area contributed by atoms with E-state index >= 15 is 0 Å². The lowest BCUT2D eigenvalue weighted by Gasteiger charge is -2.30. The molecule has 0 N–H and O–H groups in total. The Bertz CT molecular complexity index is 1110. The fourth-order valence-corrected chi connectivity index (χ4v) is 6.73. The van der Waals surface area contributed by atoms with Gasteiger partial charge >= 0.3 is 0 Å². The van der Waals surface area contributed by atoms with Crippen LogP contribution in [0.2, 0.25) is 0 Å². The highest BCUT2D eigenvalue weighted by Gasteiger charge is 2.31. The maximum Gasteiger partial charge on any atom is 0.253 e. The number of hydrogen-bond acceptors (Lipinski definition) is 4. The minimum Gasteiger partial charge on any atom is -0.337 e. The van der Waals surface area contributed by atoms with Gasteiger partial charge in [-0.3, -0.25) is 9.69 Å². The second-order valence-electron chi connectivity index (χ2n) is 9.91. The van der Waals surface area contributed by atoms with E-state index in [0.29, 0.717) is 37.7 Å². The Morgan fingerprint density at radius 3 is 2.35 bits per heavy atom. The normalized spacial score (nSPS) is 19.2. The van der Waals surface area contributed by atoms with Crippen molar-refractivity contribution in [1.29, 1.82) is 0 Å². The molecule has 2 heterocycles. The summed E-state index contributed by atoms with van der Waals surface area (Å²) in [6.45, 7) is 11.0. The van der Waals surface area contributed by atoms with Crippen LogP contribution in [-0.2, 0) is 16.6 Å². The first-order chi connectivity index (χ1) is 16.3. The summed E-state index contributed by atoms with van der Waals surface area (Å²) >= 11 is 0. The summed E-state index contributed by atoms with van der Waals surface area (Å²) < 4.78 is 28.6. The van der Waals surface area contributed by atoms with Crippen LogP contribution in [-0.4, -0.2) is 67.7 Å². The Morgan fingerprint density at radius 2 is 1.65 bits per heavy atom. The van der Waals surface area contributed by atoms with Crippen molar-refractivity contribution in [2.24, 2.45) is 5.92 Å². The molecule has 0 atom stereocenters. The van der Waals surface area contributed by atoms with Crippen molar-refractivity contribution in [2.45, 2.75) is 51.5 Å². The lowest BCUT2D eigenvalue weighted by Crippen LogP contribution is -2.38. The van der Waals surface area contributed by atoms with Crippen molar-refractivity contribution in [3.05, 3.63) is 64.7 Å². The molecule has 7 heteroatoms. The van der Waals surface area contributed by atoms with Gasteiger partial charge in [-0.15, -0.1) is 0 Å². The third-order valence-corrected chi connectivity index (χ3v) is 9.38. The minimum atomic E-state index is -3.62. The van der Waals surface area contributed by atoms with Gasteiger partial charge < -0.3 is 4.90 Å². The first-order valence-electron chi connectivity index (χ1n) is 12.4. The first kappa shape index (κ1) is 24.9. The average Bonchev–Trinajstić information content (AvgIpc) is 3.06. The van der Waals surface area contributed by atoms with E-state index in [-0.39, 0.29) is 10.8 Å². The van der Waals surface area contributed by atoms with Crippen molar-refractivity contribution in [2.75, 3.05) is 39.3 Å². The molecule has 0 aliphatic carbocycles. The standard InChI is InChI=1S/C27H37N3O3S/c1-21-10-14-30(15-11-21)34(32,33)26-19-25(18-22(2)23(26)3)27(31)29-13-7-12-28(16-17-29)20-24-8-5-4-6-9-24/h4-6,8-9,18-19,21H,7,10-17,20H2,1-3H3. The number of benzene rings is 2. The van der Waals surface area contributed by atoms with E-state index in [9.17, 15) is 13.2 Å². The molecule has 184 valence electrons. The monoisotopic (exact) mass is 483 g/mol. The summed E-state index contributed by atoms with van der Waals surface area (Å²) in [7, 11) is -3.62. The molecule has 0 spiro atoms. The predicted molar refractivity (Wildman–Crippen MR) is 135 cm³/mol. The molecule has 0 bridgehead atoms. The molecule has 1 amide bonds. The van der Waals surface area contributed by atoms with Crippen LogP contribution in [0.15, 0.2) is 47.4 Å². The van der Waals surface area contributed by atoms with Gasteiger partial charge in [-0.2, -0.15) is 4.31 Å². The number of sulfonamides is 1. The number of aryl methyl sites for hydroxylation is 1. The molecular formula is C27H37N3O3S. The smallest absolute Gasteiger partial charge is 0.253 e. The third kappa shape index (κ3) is 5.53. The third-order valence-electron chi connectivity index (χ3n) is 7.35. The summed E-state index contributed by atoms with van der Waals surface area (Å²) in [5.74, 6) is 0.472. The van der Waals surface area contributed by atoms with Gasteiger partial charge in [0.2, 0.25) is 10.0 Å². The molecule has 2 saturated heterocycles. The van der Waals surface area contributed by atoms with Gasteiger partial charge in [0.25, 0.3) is 5.91 Å². The van der Waals surface area contributed by atoms with Crippen LogP contribution in [0.4, 0.5) is 0 Å². The topological polar surface area (TPSA) is 60.9 Å². The molecule has 2 aliphatic heterocycles. The molecule has 0 radical (unpaired) electrons. The van der Waals surface area contributed by atoms with Gasteiger partial charge in [-0.1, -0.05) is 37.3 Å². The van der Waals surface area contributed by atoms with Gasteiger partial charge in [0.05, 0.1) is 4.90 Å². The number of piperidine rings is 1. The summed E-state index contributed by atoms with van der Waals surface area (Å²) in [4.78, 5) is 18.0. The van der Waals surface area contributed by atoms with Crippen molar-refractivity contribution < 1.29 is 13.2 Å². The van der Waals surface area contributed by atoms with E-state index < -0.39 is 10.0 Å². The molecule has 2 fully saturated rings. The van der Waals surface area contributed by atoms with Crippen molar-refractivity contribution >= 4 is 15.9 Å². The Labute approximate surface area is 204 Å². The van der Waals surface area contributed by atoms with Crippen LogP contribution in [0.3, 0.4) is 0 Å². The zero-order valence-electron chi connectivity index (χ0n) is 20.7. The number of carbonyl (C=O) groups is 1. The maximum absolute atomic E-state index is 13.5. The Morgan fingerprint density at radius 1 is 0.941 bits per heavy atom. The Hall–Kier alpha value is -2.22. The molecule has 2 aromatic carbocycles. The van der Waals surface area contributed by atoms with Crippen LogP contribution in [0, 0.1) is 19.8 Å². The van der Waals surface area contributed by atoms with Crippen LogP contribution in [0.1, 0.15) is 53.2 Å². The molecule has 0 unspecified atom stereocenters. The highest BCUT2D eigenvalue weighted by molar-refractivity contribution is 7.89. The summed E-state index contributed by atoms with van der Waals surface area (Å²) in [6, 6.07) is 13.9. The van der Waals surface area contributed by atoms with Crippen molar-refractivity contribution in [3.63, 3.8) is 0 Å². The van der Waals surface area contributed by atoms with Gasteiger partial charge in [0.1, 0.15) is 0 Å². The fourth-order valence-electron chi connectivity index (χ4n) is 4.94. The lowest BCUT2D eigenvalue weighted by atomic mass is 10.0. The molecule has 0 aromatic heterocycles. The number of carbonyl (C=O) groups excluding carboxylic acids is 1. The highest BCUT2D eigenvalue weighted by atomic mass is 32.2. The quantitative estimate of drug-likeness (QED) is 0.643. The highest BCUT2D eigenvalue weighted by Crippen LogP contribution is 2.28. The van der Waals surface area contributed by atoms with Gasteiger partial charge in [-0.25, -0.2) is 8.42 Å². The number of rotatable bonds is 5. The molecule has 2 aromatic rings. The van der Waals surface area contributed by atoms with Crippen LogP contribution >= 0.6 is 0 Å². The van der Waals surface area contributed by atoms with Crippen LogP contribution in [0.25, 0.3) is 0 Å². The summed E-state index contributed by atoms with van der Waals surface area (Å²) in [5.41, 5.74) is 3.33. The van der Waals surface area contributed by atoms with E-state index in [2.05, 4.69) is 36.1 Å². The average molecular weight is 484 g/mol. The molecule has 6 nitrogen and oxygen atoms in total. The molecule has 0 saturated carbocycles. The predicted octanol–water partition coefficient (Wildman–Crippen LogP) is 4.07. The van der Waals surface area contributed by atoms with E-state index in [0.717, 1.165) is 50.0 Å². The molecule has 4 rings (SSSR count). The van der Waals surface area contributed by atoms with E-state index in [1.54, 1.807) is 10.4 Å². The Balaban J connectivity index is 1.50. The number of amides is 1. The summed E-state index contributed by atoms with van der Waals surface area (Å²) in [5, 5.41) is 0. The second kappa shape index (κ2) is 10.6. The van der Waals surface area contributed by atoms with Crippen LogP contribution < -0.4 is 0 Å². The fraction of sp³-hybridized carbons (Fsp3) is 0.519. The van der Waals surface area contributed by atoms with Crippen molar-refractivity contribution in [1.82, 2.24) is 14.1 Å². The molecule has 2 aliphatic rings. The van der Waals surface area contributed by atoms with Crippen LogP contribution in [0.5, 0.6) is 0 Å². The van der Waals surface area contributed by atoms with E-state index in [4.69, 9.17) is 0 Å². The molecule has 34 heavy (non-hydrogen) atoms. The SMILES string of the molecule is Cc1cc(C(=O)N2CCCN(Cc3ccccc3)CC2)cc(S(=O)(=O)N2CCC(C)CC2)c1C. The minimum absolute atomic E-state index is 0.0756.